The van der Waals surface area contributed by atoms with Gasteiger partial charge in [0.15, 0.2) is 5.69 Å². The Hall–Kier alpha value is -1.89. The van der Waals surface area contributed by atoms with Gasteiger partial charge in [0.2, 0.25) is 0 Å². The van der Waals surface area contributed by atoms with E-state index in [1.165, 1.54) is 23.0 Å². The van der Waals surface area contributed by atoms with Gasteiger partial charge in [0, 0.05) is 4.47 Å². The molecule has 0 spiro atoms. The molecule has 2 aromatic rings. The summed E-state index contributed by atoms with van der Waals surface area (Å²) >= 11 is 3.17. The van der Waals surface area contributed by atoms with Gasteiger partial charge in [-0.3, -0.25) is 4.57 Å². The Labute approximate surface area is 117 Å². The number of nitrogen functional groups attached to an aromatic ring is 1. The lowest BCUT2D eigenvalue weighted by Crippen LogP contribution is -2.10. The van der Waals surface area contributed by atoms with Crippen molar-refractivity contribution < 1.29 is 13.9 Å². The van der Waals surface area contributed by atoms with E-state index >= 15 is 0 Å². The van der Waals surface area contributed by atoms with Crippen molar-refractivity contribution in [2.45, 2.75) is 6.92 Å². The fourth-order valence-corrected chi connectivity index (χ4v) is 1.92. The van der Waals surface area contributed by atoms with Gasteiger partial charge in [-0.1, -0.05) is 15.9 Å². The highest BCUT2D eigenvalue weighted by atomic mass is 79.9. The zero-order valence-electron chi connectivity index (χ0n) is 10.1. The molecule has 0 amide bonds. The molecular formula is C12H11BrFN3O2. The van der Waals surface area contributed by atoms with Crippen molar-refractivity contribution in [2.24, 2.45) is 0 Å². The van der Waals surface area contributed by atoms with Gasteiger partial charge in [0.05, 0.1) is 12.3 Å². The van der Waals surface area contributed by atoms with E-state index < -0.39 is 11.8 Å². The molecule has 7 heteroatoms. The largest absolute Gasteiger partial charge is 0.461 e. The normalized spacial score (nSPS) is 10.5. The third-order valence-corrected chi connectivity index (χ3v) is 2.94. The monoisotopic (exact) mass is 327 g/mol. The summed E-state index contributed by atoms with van der Waals surface area (Å²) in [5, 5.41) is 0. The number of anilines is 1. The highest BCUT2D eigenvalue weighted by Crippen LogP contribution is 2.23. The number of carbonyl (C=O) groups excluding carboxylic acids is 1. The Balaban J connectivity index is 2.44. The van der Waals surface area contributed by atoms with Crippen molar-refractivity contribution in [3.05, 3.63) is 40.5 Å². The SMILES string of the molecule is CCOC(=O)c1ncn(-c2ccc(Br)cc2F)c1N. The van der Waals surface area contributed by atoms with E-state index in [1.54, 1.807) is 13.0 Å². The minimum atomic E-state index is -0.628. The van der Waals surface area contributed by atoms with Crippen LogP contribution in [0.2, 0.25) is 0 Å². The van der Waals surface area contributed by atoms with Crippen molar-refractivity contribution in [3.8, 4) is 5.69 Å². The van der Waals surface area contributed by atoms with Crippen LogP contribution in [0.5, 0.6) is 0 Å². The van der Waals surface area contributed by atoms with E-state index in [4.69, 9.17) is 10.5 Å². The average Bonchev–Trinajstić information content (AvgIpc) is 2.72. The van der Waals surface area contributed by atoms with Gasteiger partial charge in [-0.25, -0.2) is 14.2 Å². The number of carbonyl (C=O) groups is 1. The smallest absolute Gasteiger partial charge is 0.360 e. The maximum absolute atomic E-state index is 13.8. The number of aromatic nitrogens is 2. The molecule has 2 N–H and O–H groups in total. The number of halogens is 2. The summed E-state index contributed by atoms with van der Waals surface area (Å²) in [6.07, 6.45) is 1.29. The fraction of sp³-hybridized carbons (Fsp3) is 0.167. The van der Waals surface area contributed by atoms with Crippen LogP contribution in [0.3, 0.4) is 0 Å². The van der Waals surface area contributed by atoms with Crippen molar-refractivity contribution >= 4 is 27.7 Å². The van der Waals surface area contributed by atoms with Crippen LogP contribution in [0, 0.1) is 5.82 Å². The molecule has 100 valence electrons. The van der Waals surface area contributed by atoms with E-state index in [0.29, 0.717) is 4.47 Å². The van der Waals surface area contributed by atoms with Gasteiger partial charge >= 0.3 is 5.97 Å². The molecule has 0 aliphatic rings. The third kappa shape index (κ3) is 2.60. The van der Waals surface area contributed by atoms with Gasteiger partial charge < -0.3 is 10.5 Å². The van der Waals surface area contributed by atoms with E-state index in [1.807, 2.05) is 0 Å². The Bertz CT molecular complexity index is 627. The van der Waals surface area contributed by atoms with Gasteiger partial charge in [0.1, 0.15) is 18.0 Å². The molecule has 0 saturated heterocycles. The zero-order chi connectivity index (χ0) is 14.0. The van der Waals surface area contributed by atoms with Crippen LogP contribution in [0.1, 0.15) is 17.4 Å². The molecule has 1 aromatic heterocycles. The van der Waals surface area contributed by atoms with Crippen LogP contribution in [0.15, 0.2) is 29.0 Å². The van der Waals surface area contributed by atoms with E-state index in [9.17, 15) is 9.18 Å². The summed E-state index contributed by atoms with van der Waals surface area (Å²) < 4.78 is 20.5. The number of ether oxygens (including phenoxy) is 1. The second-order valence-electron chi connectivity index (χ2n) is 3.66. The maximum atomic E-state index is 13.8. The predicted octanol–water partition coefficient (Wildman–Crippen LogP) is 2.53. The first-order valence-electron chi connectivity index (χ1n) is 5.50. The number of rotatable bonds is 3. The second kappa shape index (κ2) is 5.40. The first-order valence-corrected chi connectivity index (χ1v) is 6.29. The highest BCUT2D eigenvalue weighted by Gasteiger charge is 2.19. The number of imidazole rings is 1. The lowest BCUT2D eigenvalue weighted by atomic mass is 10.3. The molecule has 0 atom stereocenters. The van der Waals surface area contributed by atoms with Crippen molar-refractivity contribution in [1.29, 1.82) is 0 Å². The van der Waals surface area contributed by atoms with Crippen LogP contribution in [0.4, 0.5) is 10.2 Å². The lowest BCUT2D eigenvalue weighted by molar-refractivity contribution is 0.0521. The lowest BCUT2D eigenvalue weighted by Gasteiger charge is -2.07. The van der Waals surface area contributed by atoms with E-state index in [-0.39, 0.29) is 23.8 Å². The summed E-state index contributed by atoms with van der Waals surface area (Å²) in [5.74, 6) is -1.06. The molecule has 0 saturated carbocycles. The average molecular weight is 328 g/mol. The number of nitrogens with two attached hydrogens (primary N) is 1. The Morgan fingerprint density at radius 1 is 1.58 bits per heavy atom. The molecule has 2 rings (SSSR count). The Morgan fingerprint density at radius 2 is 2.32 bits per heavy atom. The molecule has 0 unspecified atom stereocenters. The van der Waals surface area contributed by atoms with E-state index in [2.05, 4.69) is 20.9 Å². The summed E-state index contributed by atoms with van der Waals surface area (Å²) in [7, 11) is 0. The number of nitrogens with zero attached hydrogens (tertiary/aromatic N) is 2. The molecule has 19 heavy (non-hydrogen) atoms. The number of hydrogen-bond acceptors (Lipinski definition) is 4. The van der Waals surface area contributed by atoms with Gasteiger partial charge in [-0.2, -0.15) is 0 Å². The molecular weight excluding hydrogens is 317 g/mol. The Morgan fingerprint density at radius 3 is 2.95 bits per heavy atom. The molecule has 0 aliphatic carbocycles. The van der Waals surface area contributed by atoms with Gasteiger partial charge in [-0.15, -0.1) is 0 Å². The zero-order valence-corrected chi connectivity index (χ0v) is 11.6. The first-order chi connectivity index (χ1) is 9.04. The molecule has 1 heterocycles. The summed E-state index contributed by atoms with van der Waals surface area (Å²) in [5.41, 5.74) is 5.98. The molecule has 0 radical (unpaired) electrons. The van der Waals surface area contributed by atoms with Crippen LogP contribution >= 0.6 is 15.9 Å². The van der Waals surface area contributed by atoms with Crippen molar-refractivity contribution in [2.75, 3.05) is 12.3 Å². The van der Waals surface area contributed by atoms with Crippen LogP contribution in [0.25, 0.3) is 5.69 Å². The second-order valence-corrected chi connectivity index (χ2v) is 4.58. The molecule has 0 bridgehead atoms. The summed E-state index contributed by atoms with van der Waals surface area (Å²) in [4.78, 5) is 15.4. The minimum Gasteiger partial charge on any atom is -0.461 e. The topological polar surface area (TPSA) is 70.1 Å². The molecule has 1 aromatic carbocycles. The standard InChI is InChI=1S/C12H11BrFN3O2/c1-2-19-12(18)10-11(15)17(6-16-10)9-4-3-7(13)5-8(9)14/h3-6H,2,15H2,1H3. The van der Waals surface area contributed by atoms with Crippen molar-refractivity contribution in [1.82, 2.24) is 9.55 Å². The number of esters is 1. The third-order valence-electron chi connectivity index (χ3n) is 2.44. The van der Waals surface area contributed by atoms with Crippen LogP contribution in [-0.2, 0) is 4.74 Å². The highest BCUT2D eigenvalue weighted by molar-refractivity contribution is 9.10. The molecule has 5 nitrogen and oxygen atoms in total. The first kappa shape index (κ1) is 13.5. The maximum Gasteiger partial charge on any atom is 0.360 e. The fourth-order valence-electron chi connectivity index (χ4n) is 1.58. The van der Waals surface area contributed by atoms with E-state index in [0.717, 1.165) is 0 Å². The quantitative estimate of drug-likeness (QED) is 0.879. The summed E-state index contributed by atoms with van der Waals surface area (Å²) in [6, 6.07) is 4.51. The van der Waals surface area contributed by atoms with Crippen LogP contribution in [-0.4, -0.2) is 22.1 Å². The molecule has 0 fully saturated rings. The van der Waals surface area contributed by atoms with Gasteiger partial charge in [-0.05, 0) is 25.1 Å². The number of hydrogen-bond donors (Lipinski definition) is 1. The van der Waals surface area contributed by atoms with Crippen LogP contribution < -0.4 is 5.73 Å². The minimum absolute atomic E-state index is 0.0239. The predicted molar refractivity (Wildman–Crippen MR) is 71.6 cm³/mol. The van der Waals surface area contributed by atoms with Crippen molar-refractivity contribution in [3.63, 3.8) is 0 Å². The summed E-state index contributed by atoms with van der Waals surface area (Å²) in [6.45, 7) is 1.90. The van der Waals surface area contributed by atoms with Gasteiger partial charge in [0.25, 0.3) is 0 Å². The molecule has 0 aliphatic heterocycles. The number of benzene rings is 1. The Kier molecular flexibility index (Phi) is 3.84.